The third-order valence-corrected chi connectivity index (χ3v) is 3.33. The number of hydrogen-bond acceptors (Lipinski definition) is 2. The summed E-state index contributed by atoms with van der Waals surface area (Å²) < 4.78 is 13.1. The van der Waals surface area contributed by atoms with Gasteiger partial charge in [0.25, 0.3) is 0 Å². The maximum absolute atomic E-state index is 13.1. The van der Waals surface area contributed by atoms with Crippen LogP contribution in [0.2, 0.25) is 0 Å². The zero-order valence-corrected chi connectivity index (χ0v) is 13.6. The van der Waals surface area contributed by atoms with Crippen LogP contribution in [-0.2, 0) is 9.59 Å². The van der Waals surface area contributed by atoms with Gasteiger partial charge in [0.2, 0.25) is 11.8 Å². The number of amides is 2. The zero-order chi connectivity index (χ0) is 17.5. The van der Waals surface area contributed by atoms with E-state index in [9.17, 15) is 14.0 Å². The molecule has 24 heavy (non-hydrogen) atoms. The lowest BCUT2D eigenvalue weighted by atomic mass is 10.1. The van der Waals surface area contributed by atoms with E-state index in [0.717, 1.165) is 11.1 Å². The summed E-state index contributed by atoms with van der Waals surface area (Å²) in [5, 5.41) is 2.55. The minimum Gasteiger partial charge on any atom is -0.333 e. The van der Waals surface area contributed by atoms with Crippen LogP contribution in [0.1, 0.15) is 11.1 Å². The van der Waals surface area contributed by atoms with Crippen molar-refractivity contribution in [1.29, 1.82) is 0 Å². The van der Waals surface area contributed by atoms with Crippen LogP contribution < -0.4 is 5.32 Å². The Morgan fingerprint density at radius 1 is 1.17 bits per heavy atom. The van der Waals surface area contributed by atoms with Crippen molar-refractivity contribution in [3.63, 3.8) is 0 Å². The van der Waals surface area contributed by atoms with Crippen molar-refractivity contribution in [3.8, 4) is 0 Å². The summed E-state index contributed by atoms with van der Waals surface area (Å²) in [6.07, 6.45) is 3.13. The number of aryl methyl sites for hydroxylation is 1. The van der Waals surface area contributed by atoms with Gasteiger partial charge in [-0.15, -0.1) is 0 Å². The molecule has 0 aliphatic carbocycles. The monoisotopic (exact) mass is 326 g/mol. The third kappa shape index (κ3) is 5.35. The topological polar surface area (TPSA) is 49.4 Å². The first-order chi connectivity index (χ1) is 11.4. The molecule has 2 amide bonds. The van der Waals surface area contributed by atoms with Gasteiger partial charge in [-0.2, -0.15) is 0 Å². The molecule has 0 atom stereocenters. The summed E-state index contributed by atoms with van der Waals surface area (Å²) in [4.78, 5) is 25.2. The molecule has 0 saturated carbocycles. The molecular formula is C19H19FN2O2. The van der Waals surface area contributed by atoms with Crippen molar-refractivity contribution in [3.05, 3.63) is 71.6 Å². The van der Waals surface area contributed by atoms with Gasteiger partial charge in [0.15, 0.2) is 0 Å². The predicted molar refractivity (Wildman–Crippen MR) is 92.9 cm³/mol. The first kappa shape index (κ1) is 17.4. The fourth-order valence-electron chi connectivity index (χ4n) is 2.13. The second-order valence-corrected chi connectivity index (χ2v) is 5.50. The van der Waals surface area contributed by atoms with Gasteiger partial charge in [-0.05, 0) is 36.8 Å². The van der Waals surface area contributed by atoms with Gasteiger partial charge in [-0.3, -0.25) is 9.59 Å². The molecule has 1 N–H and O–H groups in total. The van der Waals surface area contributed by atoms with E-state index in [1.165, 1.54) is 36.2 Å². The Hall–Kier alpha value is -2.95. The first-order valence-corrected chi connectivity index (χ1v) is 7.49. The number of rotatable bonds is 5. The molecule has 0 spiro atoms. The van der Waals surface area contributed by atoms with Gasteiger partial charge < -0.3 is 10.2 Å². The van der Waals surface area contributed by atoms with Crippen LogP contribution in [0.25, 0.3) is 6.08 Å². The summed E-state index contributed by atoms with van der Waals surface area (Å²) in [5.74, 6) is -1.11. The Balaban J connectivity index is 1.90. The number of benzene rings is 2. The standard InChI is InChI=1S/C19H19FN2O2/c1-14-5-3-6-15(11-14)9-10-19(24)22(2)13-18(23)21-17-8-4-7-16(20)12-17/h3-12H,13H2,1-2H3,(H,21,23)/b10-9+. The van der Waals surface area contributed by atoms with Crippen LogP contribution in [0, 0.1) is 12.7 Å². The molecule has 124 valence electrons. The van der Waals surface area contributed by atoms with E-state index in [1.54, 1.807) is 12.1 Å². The predicted octanol–water partition coefficient (Wildman–Crippen LogP) is 3.24. The summed E-state index contributed by atoms with van der Waals surface area (Å²) >= 11 is 0. The second kappa shape index (κ2) is 8.06. The SMILES string of the molecule is Cc1cccc(/C=C/C(=O)N(C)CC(=O)Nc2cccc(F)c2)c1. The second-order valence-electron chi connectivity index (χ2n) is 5.50. The molecule has 2 aromatic carbocycles. The van der Waals surface area contributed by atoms with E-state index < -0.39 is 5.82 Å². The van der Waals surface area contributed by atoms with Crippen LogP contribution in [0.3, 0.4) is 0 Å². The Labute approximate surface area is 140 Å². The van der Waals surface area contributed by atoms with Crippen molar-refractivity contribution >= 4 is 23.6 Å². The molecule has 0 aliphatic heterocycles. The van der Waals surface area contributed by atoms with E-state index >= 15 is 0 Å². The number of hydrogen-bond donors (Lipinski definition) is 1. The third-order valence-electron chi connectivity index (χ3n) is 3.33. The van der Waals surface area contributed by atoms with E-state index in [0.29, 0.717) is 5.69 Å². The van der Waals surface area contributed by atoms with Crippen LogP contribution in [0.5, 0.6) is 0 Å². The summed E-state index contributed by atoms with van der Waals surface area (Å²) in [6.45, 7) is 1.86. The number of nitrogens with one attached hydrogen (secondary N) is 1. The molecule has 0 saturated heterocycles. The molecule has 0 aromatic heterocycles. The fourth-order valence-corrected chi connectivity index (χ4v) is 2.13. The number of carbonyl (C=O) groups is 2. The number of nitrogens with zero attached hydrogens (tertiary/aromatic N) is 1. The fraction of sp³-hybridized carbons (Fsp3) is 0.158. The summed E-state index contributed by atoms with van der Waals surface area (Å²) in [5.41, 5.74) is 2.38. The lowest BCUT2D eigenvalue weighted by molar-refractivity contribution is -0.129. The Bertz CT molecular complexity index is 771. The molecule has 2 aromatic rings. The lowest BCUT2D eigenvalue weighted by Crippen LogP contribution is -2.33. The molecule has 0 aliphatic rings. The largest absolute Gasteiger partial charge is 0.333 e. The van der Waals surface area contributed by atoms with E-state index in [-0.39, 0.29) is 18.4 Å². The molecule has 0 radical (unpaired) electrons. The van der Waals surface area contributed by atoms with E-state index in [4.69, 9.17) is 0 Å². The quantitative estimate of drug-likeness (QED) is 0.858. The van der Waals surface area contributed by atoms with Crippen molar-refractivity contribution in [2.75, 3.05) is 18.9 Å². The Morgan fingerprint density at radius 2 is 1.92 bits per heavy atom. The molecule has 4 nitrogen and oxygen atoms in total. The minimum absolute atomic E-state index is 0.118. The van der Waals surface area contributed by atoms with Crippen LogP contribution in [-0.4, -0.2) is 30.3 Å². The molecule has 2 rings (SSSR count). The average Bonchev–Trinajstić information content (AvgIpc) is 2.52. The average molecular weight is 326 g/mol. The Morgan fingerprint density at radius 3 is 2.62 bits per heavy atom. The van der Waals surface area contributed by atoms with Crippen molar-refractivity contribution in [1.82, 2.24) is 4.90 Å². The van der Waals surface area contributed by atoms with Crippen molar-refractivity contribution < 1.29 is 14.0 Å². The van der Waals surface area contributed by atoms with E-state index in [1.807, 2.05) is 31.2 Å². The summed E-state index contributed by atoms with van der Waals surface area (Å²) in [7, 11) is 1.54. The summed E-state index contributed by atoms with van der Waals surface area (Å²) in [6, 6.07) is 13.3. The zero-order valence-electron chi connectivity index (χ0n) is 13.6. The van der Waals surface area contributed by atoms with Crippen LogP contribution >= 0.6 is 0 Å². The van der Waals surface area contributed by atoms with Crippen LogP contribution in [0.4, 0.5) is 10.1 Å². The number of carbonyl (C=O) groups excluding carboxylic acids is 2. The Kier molecular flexibility index (Phi) is 5.84. The number of anilines is 1. The van der Waals surface area contributed by atoms with Crippen LogP contribution in [0.15, 0.2) is 54.6 Å². The maximum atomic E-state index is 13.1. The highest BCUT2D eigenvalue weighted by Crippen LogP contribution is 2.09. The number of halogens is 1. The van der Waals surface area contributed by atoms with Crippen molar-refractivity contribution in [2.45, 2.75) is 6.92 Å². The molecular weight excluding hydrogens is 307 g/mol. The lowest BCUT2D eigenvalue weighted by Gasteiger charge is -2.14. The van der Waals surface area contributed by atoms with Gasteiger partial charge in [-0.25, -0.2) is 4.39 Å². The first-order valence-electron chi connectivity index (χ1n) is 7.49. The van der Waals surface area contributed by atoms with E-state index in [2.05, 4.69) is 5.32 Å². The van der Waals surface area contributed by atoms with Gasteiger partial charge in [0.1, 0.15) is 5.82 Å². The maximum Gasteiger partial charge on any atom is 0.246 e. The molecule has 0 fully saturated rings. The molecule has 5 heteroatoms. The smallest absolute Gasteiger partial charge is 0.246 e. The normalized spacial score (nSPS) is 10.6. The molecule has 0 unspecified atom stereocenters. The molecule has 0 heterocycles. The molecule has 0 bridgehead atoms. The highest BCUT2D eigenvalue weighted by Gasteiger charge is 2.11. The highest BCUT2D eigenvalue weighted by molar-refractivity contribution is 5.97. The van der Waals surface area contributed by atoms with Gasteiger partial charge in [0.05, 0.1) is 6.54 Å². The van der Waals surface area contributed by atoms with Crippen molar-refractivity contribution in [2.24, 2.45) is 0 Å². The van der Waals surface area contributed by atoms with Gasteiger partial charge in [-0.1, -0.05) is 35.9 Å². The van der Waals surface area contributed by atoms with Gasteiger partial charge in [0, 0.05) is 18.8 Å². The number of likely N-dealkylation sites (N-methyl/N-ethyl adjacent to an activating group) is 1. The minimum atomic E-state index is -0.432. The van der Waals surface area contributed by atoms with Gasteiger partial charge >= 0.3 is 0 Å². The highest BCUT2D eigenvalue weighted by atomic mass is 19.1.